The molecule has 0 bridgehead atoms. The van der Waals surface area contributed by atoms with Gasteiger partial charge in [0.15, 0.2) is 0 Å². The third kappa shape index (κ3) is 4.22. The number of H-pyrrole nitrogens is 2. The number of hydrogen-bond acceptors (Lipinski definition) is 2. The SMILES string of the molecule is CCC(C(=O)O)c1c[nH]c2ccccc12.CCC(C(=O)O)c1c[nH]c2ccccc12. The van der Waals surface area contributed by atoms with Gasteiger partial charge in [-0.15, -0.1) is 0 Å². The van der Waals surface area contributed by atoms with Gasteiger partial charge in [0, 0.05) is 34.2 Å². The minimum absolute atomic E-state index is 0.416. The van der Waals surface area contributed by atoms with Crippen molar-refractivity contribution in [1.29, 1.82) is 0 Å². The van der Waals surface area contributed by atoms with Gasteiger partial charge in [0.2, 0.25) is 0 Å². The Bertz CT molecular complexity index is 1070. The Labute approximate surface area is 174 Å². The molecule has 0 aliphatic heterocycles. The van der Waals surface area contributed by atoms with Crippen molar-refractivity contribution in [3.05, 3.63) is 72.1 Å². The summed E-state index contributed by atoms with van der Waals surface area (Å²) in [5, 5.41) is 20.2. The maximum Gasteiger partial charge on any atom is 0.311 e. The van der Waals surface area contributed by atoms with E-state index < -0.39 is 23.8 Å². The summed E-state index contributed by atoms with van der Waals surface area (Å²) in [6, 6.07) is 15.5. The van der Waals surface area contributed by atoms with E-state index >= 15 is 0 Å². The molecule has 2 aromatic heterocycles. The van der Waals surface area contributed by atoms with E-state index in [9.17, 15) is 9.59 Å². The number of aliphatic carboxylic acids is 2. The first-order chi connectivity index (χ1) is 14.5. The van der Waals surface area contributed by atoms with Crippen molar-refractivity contribution in [2.75, 3.05) is 0 Å². The van der Waals surface area contributed by atoms with Crippen LogP contribution in [0.5, 0.6) is 0 Å². The third-order valence-electron chi connectivity index (χ3n) is 5.41. The fraction of sp³-hybridized carbons (Fsp3) is 0.250. The summed E-state index contributed by atoms with van der Waals surface area (Å²) < 4.78 is 0. The van der Waals surface area contributed by atoms with Crippen molar-refractivity contribution in [1.82, 2.24) is 9.97 Å². The van der Waals surface area contributed by atoms with Crippen LogP contribution in [0.3, 0.4) is 0 Å². The van der Waals surface area contributed by atoms with Crippen molar-refractivity contribution in [3.63, 3.8) is 0 Å². The lowest BCUT2D eigenvalue weighted by Crippen LogP contribution is -2.09. The highest BCUT2D eigenvalue weighted by atomic mass is 16.4. The zero-order valence-electron chi connectivity index (χ0n) is 17.1. The fourth-order valence-electron chi connectivity index (χ4n) is 3.82. The van der Waals surface area contributed by atoms with Gasteiger partial charge in [-0.1, -0.05) is 50.2 Å². The molecule has 2 unspecified atom stereocenters. The molecule has 156 valence electrons. The number of aromatic nitrogens is 2. The van der Waals surface area contributed by atoms with Crippen LogP contribution >= 0.6 is 0 Å². The Morgan fingerprint density at radius 1 is 0.733 bits per heavy atom. The summed E-state index contributed by atoms with van der Waals surface area (Å²) in [5.41, 5.74) is 3.74. The molecule has 0 spiro atoms. The number of fused-ring (bicyclic) bond motifs is 2. The lowest BCUT2D eigenvalue weighted by molar-refractivity contribution is -0.139. The predicted octanol–water partition coefficient (Wildman–Crippen LogP) is 5.49. The molecule has 0 aliphatic carbocycles. The molecular formula is C24H26N2O4. The second kappa shape index (κ2) is 9.31. The molecule has 2 atom stereocenters. The first-order valence-corrected chi connectivity index (χ1v) is 10.1. The van der Waals surface area contributed by atoms with Gasteiger partial charge in [0.25, 0.3) is 0 Å². The molecule has 0 saturated carbocycles. The van der Waals surface area contributed by atoms with E-state index in [0.717, 1.165) is 32.9 Å². The molecule has 0 fully saturated rings. The van der Waals surface area contributed by atoms with Crippen LogP contribution < -0.4 is 0 Å². The Morgan fingerprint density at radius 2 is 1.10 bits per heavy atom. The molecule has 4 aromatic rings. The summed E-state index contributed by atoms with van der Waals surface area (Å²) in [7, 11) is 0. The number of aromatic amines is 2. The zero-order chi connectivity index (χ0) is 21.7. The number of para-hydroxylation sites is 2. The molecule has 4 N–H and O–H groups in total. The molecule has 6 nitrogen and oxygen atoms in total. The van der Waals surface area contributed by atoms with Crippen LogP contribution in [0.2, 0.25) is 0 Å². The summed E-state index contributed by atoms with van der Waals surface area (Å²) in [6.07, 6.45) is 4.81. The average Bonchev–Trinajstić information content (AvgIpc) is 3.35. The number of carboxylic acid groups (broad SMARTS) is 2. The molecule has 0 radical (unpaired) electrons. The highest BCUT2D eigenvalue weighted by molar-refractivity contribution is 5.90. The van der Waals surface area contributed by atoms with Crippen LogP contribution in [0.15, 0.2) is 60.9 Å². The first-order valence-electron chi connectivity index (χ1n) is 10.1. The number of hydrogen-bond donors (Lipinski definition) is 4. The van der Waals surface area contributed by atoms with Gasteiger partial charge in [0.1, 0.15) is 0 Å². The number of carbonyl (C=O) groups is 2. The number of carboxylic acids is 2. The average molecular weight is 406 g/mol. The molecular weight excluding hydrogens is 380 g/mol. The molecule has 0 saturated heterocycles. The van der Waals surface area contributed by atoms with Crippen LogP contribution in [0, 0.1) is 0 Å². The van der Waals surface area contributed by atoms with Crippen molar-refractivity contribution in [2.45, 2.75) is 38.5 Å². The van der Waals surface area contributed by atoms with Crippen LogP contribution in [0.4, 0.5) is 0 Å². The molecule has 0 aliphatic rings. The quantitative estimate of drug-likeness (QED) is 0.339. The molecule has 2 aromatic carbocycles. The van der Waals surface area contributed by atoms with E-state index in [4.69, 9.17) is 10.2 Å². The van der Waals surface area contributed by atoms with Crippen molar-refractivity contribution < 1.29 is 19.8 Å². The summed E-state index contributed by atoms with van der Waals surface area (Å²) in [5.74, 6) is -2.35. The van der Waals surface area contributed by atoms with E-state index in [-0.39, 0.29) is 0 Å². The van der Waals surface area contributed by atoms with E-state index in [0.29, 0.717) is 12.8 Å². The minimum Gasteiger partial charge on any atom is -0.481 e. The van der Waals surface area contributed by atoms with Crippen LogP contribution in [-0.4, -0.2) is 32.1 Å². The van der Waals surface area contributed by atoms with Gasteiger partial charge >= 0.3 is 11.9 Å². The molecule has 0 amide bonds. The lowest BCUT2D eigenvalue weighted by Gasteiger charge is -2.07. The summed E-state index contributed by atoms with van der Waals surface area (Å²) >= 11 is 0. The number of nitrogens with one attached hydrogen (secondary N) is 2. The van der Waals surface area contributed by atoms with Crippen LogP contribution in [-0.2, 0) is 9.59 Å². The van der Waals surface area contributed by atoms with Gasteiger partial charge in [-0.05, 0) is 36.1 Å². The highest BCUT2D eigenvalue weighted by Crippen LogP contribution is 2.28. The smallest absolute Gasteiger partial charge is 0.311 e. The van der Waals surface area contributed by atoms with E-state index in [1.807, 2.05) is 62.4 Å². The third-order valence-corrected chi connectivity index (χ3v) is 5.41. The number of rotatable bonds is 6. The standard InChI is InChI=1S/2C12H13NO2/c2*1-2-8(12(14)15)10-7-13-11-6-4-3-5-9(10)11/h2*3-8,13H,2H2,1H3,(H,14,15). The topological polar surface area (TPSA) is 106 Å². The summed E-state index contributed by atoms with van der Waals surface area (Å²) in [6.45, 7) is 3.78. The number of benzene rings is 2. The molecule has 6 heteroatoms. The minimum atomic E-state index is -0.762. The van der Waals surface area contributed by atoms with E-state index in [1.165, 1.54) is 0 Å². The maximum absolute atomic E-state index is 11.1. The van der Waals surface area contributed by atoms with E-state index in [2.05, 4.69) is 9.97 Å². The Hall–Kier alpha value is -3.54. The Kier molecular flexibility index (Phi) is 6.57. The molecule has 4 rings (SSSR count). The van der Waals surface area contributed by atoms with Crippen molar-refractivity contribution in [2.24, 2.45) is 0 Å². The largest absolute Gasteiger partial charge is 0.481 e. The highest BCUT2D eigenvalue weighted by Gasteiger charge is 2.21. The Morgan fingerprint density at radius 3 is 1.43 bits per heavy atom. The lowest BCUT2D eigenvalue weighted by atomic mass is 9.96. The van der Waals surface area contributed by atoms with Crippen molar-refractivity contribution >= 4 is 33.7 Å². The van der Waals surface area contributed by atoms with Crippen molar-refractivity contribution in [3.8, 4) is 0 Å². The van der Waals surface area contributed by atoms with Gasteiger partial charge in [-0.25, -0.2) is 0 Å². The second-order valence-corrected chi connectivity index (χ2v) is 7.18. The predicted molar refractivity (Wildman–Crippen MR) is 118 cm³/mol. The zero-order valence-corrected chi connectivity index (χ0v) is 17.1. The van der Waals surface area contributed by atoms with Gasteiger partial charge in [-0.2, -0.15) is 0 Å². The molecule has 30 heavy (non-hydrogen) atoms. The maximum atomic E-state index is 11.1. The molecule has 2 heterocycles. The van der Waals surface area contributed by atoms with Gasteiger partial charge in [0.05, 0.1) is 11.8 Å². The second-order valence-electron chi connectivity index (χ2n) is 7.18. The monoisotopic (exact) mass is 406 g/mol. The normalized spacial score (nSPS) is 12.9. The summed E-state index contributed by atoms with van der Waals surface area (Å²) in [4.78, 5) is 28.3. The van der Waals surface area contributed by atoms with E-state index in [1.54, 1.807) is 12.4 Å². The fourth-order valence-corrected chi connectivity index (χ4v) is 3.82. The van der Waals surface area contributed by atoms with Gasteiger partial charge < -0.3 is 20.2 Å². The first kappa shape index (κ1) is 21.2. The van der Waals surface area contributed by atoms with Gasteiger partial charge in [-0.3, -0.25) is 9.59 Å². The van der Waals surface area contributed by atoms with Crippen LogP contribution in [0.1, 0.15) is 49.7 Å². The van der Waals surface area contributed by atoms with Crippen LogP contribution in [0.25, 0.3) is 21.8 Å². The Balaban J connectivity index is 0.000000171.